The number of urea groups is 1. The van der Waals surface area contributed by atoms with Crippen LogP contribution in [0, 0.1) is 0 Å². The molecule has 2 aromatic carbocycles. The van der Waals surface area contributed by atoms with Crippen molar-refractivity contribution in [2.24, 2.45) is 0 Å². The van der Waals surface area contributed by atoms with Gasteiger partial charge in [-0.1, -0.05) is 54.6 Å². The molecule has 0 atom stereocenters. The van der Waals surface area contributed by atoms with E-state index in [-0.39, 0.29) is 29.7 Å². The molecule has 1 spiro atoms. The van der Waals surface area contributed by atoms with Crippen LogP contribution in [0.2, 0.25) is 0 Å². The predicted octanol–water partition coefficient (Wildman–Crippen LogP) is 3.25. The second-order valence-electron chi connectivity index (χ2n) is 7.83. The summed E-state index contributed by atoms with van der Waals surface area (Å²) in [6.07, 6.45) is 5.60. The summed E-state index contributed by atoms with van der Waals surface area (Å²) >= 11 is 0. The second kappa shape index (κ2) is 8.52. The first-order valence-corrected chi connectivity index (χ1v) is 12.0. The molecule has 2 heterocycles. The summed E-state index contributed by atoms with van der Waals surface area (Å²) in [5, 5.41) is 2.75. The third-order valence-corrected chi connectivity index (χ3v) is 7.21. The number of hydrogen-bond acceptors (Lipinski definition) is 4. The number of fused-ring (bicyclic) bond motifs is 1. The molecule has 4 rings (SSSR count). The highest BCUT2D eigenvalue weighted by molar-refractivity contribution is 7.90. The van der Waals surface area contributed by atoms with Crippen LogP contribution in [0.1, 0.15) is 24.0 Å². The maximum atomic E-state index is 12.5. The first-order chi connectivity index (χ1) is 14.4. The van der Waals surface area contributed by atoms with Crippen molar-refractivity contribution in [2.45, 2.75) is 24.2 Å². The average molecular weight is 427 g/mol. The average Bonchev–Trinajstić information content (AvgIpc) is 2.74. The number of likely N-dealkylation sites (tertiary alicyclic amines) is 1. The normalized spacial score (nSPS) is 17.3. The van der Waals surface area contributed by atoms with Gasteiger partial charge in [0, 0.05) is 38.0 Å². The fraction of sp³-hybridized carbons (Fsp3) is 0.348. The Bertz CT molecular complexity index is 1030. The third kappa shape index (κ3) is 4.84. The molecule has 0 unspecified atom stereocenters. The summed E-state index contributed by atoms with van der Waals surface area (Å²) in [6.45, 7) is 1.24. The Kier molecular flexibility index (Phi) is 5.81. The maximum absolute atomic E-state index is 12.5. The number of benzene rings is 2. The largest absolute Gasteiger partial charge is 0.482 e. The van der Waals surface area contributed by atoms with Crippen LogP contribution in [0.15, 0.2) is 60.7 Å². The Balaban J connectivity index is 1.24. The standard InChI is InChI=1S/C23H26N2O4S/c26-22(24-14-17-30(27,28)18-19-6-2-1-3-7-19)25-15-12-23(13-16-25)11-10-20-8-4-5-9-21(20)29-23/h1-11H,12-18H2,(H,24,26). The molecule has 2 amide bonds. The van der Waals surface area contributed by atoms with Crippen molar-refractivity contribution >= 4 is 21.9 Å². The smallest absolute Gasteiger partial charge is 0.317 e. The molecule has 158 valence electrons. The monoisotopic (exact) mass is 426 g/mol. The lowest BCUT2D eigenvalue weighted by atomic mass is 9.88. The van der Waals surface area contributed by atoms with Gasteiger partial charge in [-0.05, 0) is 17.7 Å². The quantitative estimate of drug-likeness (QED) is 0.796. The summed E-state index contributed by atoms with van der Waals surface area (Å²) in [4.78, 5) is 14.2. The molecule has 2 aliphatic heterocycles. The predicted molar refractivity (Wildman–Crippen MR) is 117 cm³/mol. The fourth-order valence-electron chi connectivity index (χ4n) is 3.89. The van der Waals surface area contributed by atoms with Crippen LogP contribution < -0.4 is 10.1 Å². The molecule has 0 bridgehead atoms. The summed E-state index contributed by atoms with van der Waals surface area (Å²) in [6, 6.07) is 16.8. The number of amides is 2. The summed E-state index contributed by atoms with van der Waals surface area (Å²) in [5.74, 6) is 0.788. The molecule has 1 saturated heterocycles. The molecule has 2 aromatic rings. The summed E-state index contributed by atoms with van der Waals surface area (Å²) in [5.41, 5.74) is 1.46. The molecule has 1 fully saturated rings. The van der Waals surface area contributed by atoms with E-state index in [1.165, 1.54) is 0 Å². The zero-order valence-corrected chi connectivity index (χ0v) is 17.6. The Morgan fingerprint density at radius 1 is 1.03 bits per heavy atom. The number of ether oxygens (including phenoxy) is 1. The third-order valence-electron chi connectivity index (χ3n) is 5.61. The van der Waals surface area contributed by atoms with Crippen molar-refractivity contribution < 1.29 is 17.9 Å². The lowest BCUT2D eigenvalue weighted by molar-refractivity contribution is 0.0499. The van der Waals surface area contributed by atoms with Gasteiger partial charge in [-0.2, -0.15) is 0 Å². The lowest BCUT2D eigenvalue weighted by Gasteiger charge is -2.41. The first-order valence-electron chi connectivity index (χ1n) is 10.2. The van der Waals surface area contributed by atoms with E-state index in [1.54, 1.807) is 17.0 Å². The maximum Gasteiger partial charge on any atom is 0.317 e. The van der Waals surface area contributed by atoms with E-state index in [2.05, 4.69) is 17.5 Å². The molecule has 1 N–H and O–H groups in total. The van der Waals surface area contributed by atoms with Crippen LogP contribution >= 0.6 is 0 Å². The highest BCUT2D eigenvalue weighted by Crippen LogP contribution is 2.36. The lowest BCUT2D eigenvalue weighted by Crippen LogP contribution is -2.52. The number of nitrogens with one attached hydrogen (secondary N) is 1. The molecule has 0 radical (unpaired) electrons. The molecule has 0 aromatic heterocycles. The van der Waals surface area contributed by atoms with Crippen molar-refractivity contribution in [3.05, 3.63) is 71.8 Å². The minimum atomic E-state index is -3.27. The SMILES string of the molecule is O=C(NCCS(=O)(=O)Cc1ccccc1)N1CCC2(C=Cc3ccccc3O2)CC1. The van der Waals surface area contributed by atoms with Crippen molar-refractivity contribution in [1.82, 2.24) is 10.2 Å². The van der Waals surface area contributed by atoms with E-state index < -0.39 is 9.84 Å². The van der Waals surface area contributed by atoms with Gasteiger partial charge in [0.2, 0.25) is 0 Å². The van der Waals surface area contributed by atoms with E-state index in [9.17, 15) is 13.2 Å². The van der Waals surface area contributed by atoms with Crippen molar-refractivity contribution in [3.8, 4) is 5.75 Å². The van der Waals surface area contributed by atoms with Crippen LogP contribution in [0.25, 0.3) is 6.08 Å². The molecular weight excluding hydrogens is 400 g/mol. The Labute approximate surface area is 177 Å². The topological polar surface area (TPSA) is 75.7 Å². The number of piperidine rings is 1. The minimum absolute atomic E-state index is 0.0128. The van der Waals surface area contributed by atoms with Crippen LogP contribution in [0.5, 0.6) is 5.75 Å². The van der Waals surface area contributed by atoms with Crippen LogP contribution in [-0.4, -0.2) is 50.3 Å². The molecule has 6 nitrogen and oxygen atoms in total. The van der Waals surface area contributed by atoms with Gasteiger partial charge in [0.05, 0.1) is 11.5 Å². The van der Waals surface area contributed by atoms with E-state index in [0.717, 1.165) is 16.9 Å². The molecular formula is C23H26N2O4S. The molecule has 7 heteroatoms. The molecule has 0 aliphatic carbocycles. The Hall–Kier alpha value is -2.80. The molecule has 0 saturated carbocycles. The molecule has 2 aliphatic rings. The fourth-order valence-corrected chi connectivity index (χ4v) is 5.15. The number of para-hydroxylation sites is 1. The van der Waals surface area contributed by atoms with Crippen LogP contribution in [0.4, 0.5) is 4.79 Å². The zero-order valence-electron chi connectivity index (χ0n) is 16.8. The van der Waals surface area contributed by atoms with Gasteiger partial charge in [0.15, 0.2) is 9.84 Å². The van der Waals surface area contributed by atoms with Crippen molar-refractivity contribution in [3.63, 3.8) is 0 Å². The first kappa shape index (κ1) is 20.5. The van der Waals surface area contributed by atoms with Gasteiger partial charge in [-0.25, -0.2) is 13.2 Å². The number of hydrogen-bond donors (Lipinski definition) is 1. The Morgan fingerprint density at radius 2 is 1.73 bits per heavy atom. The number of sulfone groups is 1. The highest BCUT2D eigenvalue weighted by Gasteiger charge is 2.37. The van der Waals surface area contributed by atoms with Crippen molar-refractivity contribution in [1.29, 1.82) is 0 Å². The van der Waals surface area contributed by atoms with Gasteiger partial charge in [0.1, 0.15) is 11.4 Å². The number of nitrogens with zero attached hydrogens (tertiary/aromatic N) is 1. The Morgan fingerprint density at radius 3 is 2.50 bits per heavy atom. The van der Waals surface area contributed by atoms with E-state index in [1.807, 2.05) is 42.5 Å². The van der Waals surface area contributed by atoms with E-state index >= 15 is 0 Å². The van der Waals surface area contributed by atoms with E-state index in [0.29, 0.717) is 25.9 Å². The van der Waals surface area contributed by atoms with Crippen molar-refractivity contribution in [2.75, 3.05) is 25.4 Å². The van der Waals surface area contributed by atoms with Gasteiger partial charge >= 0.3 is 6.03 Å². The number of carbonyl (C=O) groups is 1. The number of carbonyl (C=O) groups excluding carboxylic acids is 1. The highest BCUT2D eigenvalue weighted by atomic mass is 32.2. The van der Waals surface area contributed by atoms with Gasteiger partial charge < -0.3 is 15.0 Å². The van der Waals surface area contributed by atoms with Crippen LogP contribution in [-0.2, 0) is 15.6 Å². The summed E-state index contributed by atoms with van der Waals surface area (Å²) in [7, 11) is -3.27. The van der Waals surface area contributed by atoms with Crippen LogP contribution in [0.3, 0.4) is 0 Å². The summed E-state index contributed by atoms with van der Waals surface area (Å²) < 4.78 is 30.8. The van der Waals surface area contributed by atoms with E-state index in [4.69, 9.17) is 4.74 Å². The van der Waals surface area contributed by atoms with Gasteiger partial charge in [-0.3, -0.25) is 0 Å². The number of rotatable bonds is 5. The minimum Gasteiger partial charge on any atom is -0.482 e. The zero-order chi connectivity index (χ0) is 21.0. The second-order valence-corrected chi connectivity index (χ2v) is 10.0. The van der Waals surface area contributed by atoms with Gasteiger partial charge in [0.25, 0.3) is 0 Å². The van der Waals surface area contributed by atoms with Gasteiger partial charge in [-0.15, -0.1) is 0 Å². The molecule has 30 heavy (non-hydrogen) atoms.